The molecule has 2 aliphatic rings. The molecule has 0 aromatic heterocycles. The topological polar surface area (TPSA) is 57.3 Å². The van der Waals surface area contributed by atoms with Crippen LogP contribution in [0.2, 0.25) is 0 Å². The minimum Gasteiger partial charge on any atom is -0.497 e. The number of carbonyl (C=O) groups excluding carboxylic acids is 1. The Morgan fingerprint density at radius 1 is 0.917 bits per heavy atom. The number of morpholine rings is 1. The minimum atomic E-state index is 0.0999. The Hall–Kier alpha value is -3.55. The van der Waals surface area contributed by atoms with Gasteiger partial charge in [0.05, 0.1) is 26.9 Å². The minimum absolute atomic E-state index is 0.0999. The highest BCUT2D eigenvalue weighted by molar-refractivity contribution is 5.78. The molecule has 2 saturated heterocycles. The van der Waals surface area contributed by atoms with Crippen molar-refractivity contribution in [1.29, 1.82) is 0 Å². The quantitative estimate of drug-likeness (QED) is 0.523. The molecule has 1 amide bonds. The van der Waals surface area contributed by atoms with E-state index in [1.54, 1.807) is 7.11 Å². The molecule has 2 heterocycles. The summed E-state index contributed by atoms with van der Waals surface area (Å²) in [5.41, 5.74) is 5.86. The molecule has 3 aromatic carbocycles. The van der Waals surface area contributed by atoms with E-state index in [0.29, 0.717) is 13.1 Å². The van der Waals surface area contributed by atoms with Gasteiger partial charge in [-0.25, -0.2) is 0 Å². The average molecular weight is 487 g/mol. The van der Waals surface area contributed by atoms with Crippen LogP contribution < -0.4 is 19.9 Å². The van der Waals surface area contributed by atoms with E-state index in [-0.39, 0.29) is 5.91 Å². The molecule has 0 bridgehead atoms. The number of methoxy groups -OCH3 is 1. The van der Waals surface area contributed by atoms with Crippen molar-refractivity contribution in [3.8, 4) is 5.75 Å². The second-order valence-corrected chi connectivity index (χ2v) is 9.28. The van der Waals surface area contributed by atoms with Crippen molar-refractivity contribution in [3.05, 3.63) is 83.9 Å². The van der Waals surface area contributed by atoms with Crippen molar-refractivity contribution in [2.45, 2.75) is 13.1 Å². The van der Waals surface area contributed by atoms with E-state index >= 15 is 0 Å². The van der Waals surface area contributed by atoms with Gasteiger partial charge < -0.3 is 24.6 Å². The lowest BCUT2D eigenvalue weighted by molar-refractivity contribution is -0.124. The fraction of sp³-hybridized carbons (Fsp3) is 0.345. The number of hydrogen-bond acceptors (Lipinski definition) is 6. The summed E-state index contributed by atoms with van der Waals surface area (Å²) in [6.07, 6.45) is 0. The number of benzene rings is 3. The van der Waals surface area contributed by atoms with Crippen LogP contribution >= 0.6 is 0 Å². The van der Waals surface area contributed by atoms with Gasteiger partial charge in [0.15, 0.2) is 0 Å². The second-order valence-electron chi connectivity index (χ2n) is 9.28. The molecule has 2 aliphatic heterocycles. The largest absolute Gasteiger partial charge is 0.497 e. The van der Waals surface area contributed by atoms with Crippen molar-refractivity contribution in [1.82, 2.24) is 10.2 Å². The standard InChI is InChI=1S/C29H34N4O3/c1-35-28-4-2-3-24(19-28)21-33(27-11-9-25(10-12-27)32-15-17-36-18-16-32)26-7-5-23(6-8-26)20-31-14-13-30-29(34)22-31/h2-12,19H,13-18,20-22H2,1H3,(H,30,34). The highest BCUT2D eigenvalue weighted by Gasteiger charge is 2.17. The van der Waals surface area contributed by atoms with E-state index in [4.69, 9.17) is 9.47 Å². The molecular formula is C29H34N4O3. The Balaban J connectivity index is 1.38. The van der Waals surface area contributed by atoms with Crippen LogP contribution in [0.25, 0.3) is 0 Å². The van der Waals surface area contributed by atoms with Gasteiger partial charge >= 0.3 is 0 Å². The lowest BCUT2D eigenvalue weighted by atomic mass is 10.1. The Labute approximate surface area is 213 Å². The first kappa shape index (κ1) is 24.2. The highest BCUT2D eigenvalue weighted by Crippen LogP contribution is 2.31. The lowest BCUT2D eigenvalue weighted by Crippen LogP contribution is -2.47. The van der Waals surface area contributed by atoms with Crippen molar-refractivity contribution in [3.63, 3.8) is 0 Å². The van der Waals surface area contributed by atoms with Gasteiger partial charge in [-0.05, 0) is 59.7 Å². The molecule has 188 valence electrons. The molecule has 0 saturated carbocycles. The van der Waals surface area contributed by atoms with Gasteiger partial charge in [-0.15, -0.1) is 0 Å². The van der Waals surface area contributed by atoms with Crippen LogP contribution in [0.4, 0.5) is 17.1 Å². The zero-order chi connectivity index (χ0) is 24.7. The van der Waals surface area contributed by atoms with Gasteiger partial charge in [-0.1, -0.05) is 24.3 Å². The fourth-order valence-electron chi connectivity index (χ4n) is 4.82. The van der Waals surface area contributed by atoms with Crippen LogP contribution in [0.3, 0.4) is 0 Å². The predicted molar refractivity (Wildman–Crippen MR) is 143 cm³/mol. The molecule has 0 unspecified atom stereocenters. The zero-order valence-corrected chi connectivity index (χ0v) is 20.9. The smallest absolute Gasteiger partial charge is 0.234 e. The summed E-state index contributed by atoms with van der Waals surface area (Å²) in [4.78, 5) is 18.6. The average Bonchev–Trinajstić information content (AvgIpc) is 2.93. The Morgan fingerprint density at radius 3 is 2.33 bits per heavy atom. The third-order valence-corrected chi connectivity index (χ3v) is 6.78. The second kappa shape index (κ2) is 11.5. The molecule has 2 fully saturated rings. The van der Waals surface area contributed by atoms with Gasteiger partial charge in [-0.3, -0.25) is 9.69 Å². The number of amides is 1. The van der Waals surface area contributed by atoms with Crippen LogP contribution in [0.15, 0.2) is 72.8 Å². The van der Waals surface area contributed by atoms with Crippen LogP contribution in [0, 0.1) is 0 Å². The normalized spacial score (nSPS) is 16.5. The SMILES string of the molecule is COc1cccc(CN(c2ccc(CN3CCNC(=O)C3)cc2)c2ccc(N3CCOCC3)cc2)c1. The van der Waals surface area contributed by atoms with Crippen LogP contribution in [-0.4, -0.2) is 63.9 Å². The van der Waals surface area contributed by atoms with E-state index in [1.807, 2.05) is 12.1 Å². The van der Waals surface area contributed by atoms with E-state index in [1.165, 1.54) is 16.8 Å². The summed E-state index contributed by atoms with van der Waals surface area (Å²) in [6, 6.07) is 25.7. The molecule has 0 aliphatic carbocycles. The van der Waals surface area contributed by atoms with Crippen molar-refractivity contribution >= 4 is 23.0 Å². The van der Waals surface area contributed by atoms with Crippen molar-refractivity contribution in [2.24, 2.45) is 0 Å². The Morgan fingerprint density at radius 2 is 1.64 bits per heavy atom. The van der Waals surface area contributed by atoms with Gasteiger partial charge in [0, 0.05) is 56.3 Å². The molecule has 1 N–H and O–H groups in total. The van der Waals surface area contributed by atoms with Crippen LogP contribution in [-0.2, 0) is 22.6 Å². The summed E-state index contributed by atoms with van der Waals surface area (Å²) in [5.74, 6) is 0.957. The summed E-state index contributed by atoms with van der Waals surface area (Å²) in [6.45, 7) is 6.95. The molecule has 0 spiro atoms. The van der Waals surface area contributed by atoms with Crippen molar-refractivity contribution in [2.75, 3.05) is 62.8 Å². The monoisotopic (exact) mass is 486 g/mol. The van der Waals surface area contributed by atoms with E-state index in [0.717, 1.165) is 63.1 Å². The number of rotatable bonds is 8. The summed E-state index contributed by atoms with van der Waals surface area (Å²) < 4.78 is 11.0. The van der Waals surface area contributed by atoms with E-state index in [9.17, 15) is 4.79 Å². The first-order valence-electron chi connectivity index (χ1n) is 12.6. The van der Waals surface area contributed by atoms with E-state index < -0.39 is 0 Å². The molecule has 0 radical (unpaired) electrons. The van der Waals surface area contributed by atoms with Crippen LogP contribution in [0.5, 0.6) is 5.75 Å². The number of anilines is 3. The first-order valence-corrected chi connectivity index (χ1v) is 12.6. The molecular weight excluding hydrogens is 452 g/mol. The fourth-order valence-corrected chi connectivity index (χ4v) is 4.82. The maximum Gasteiger partial charge on any atom is 0.234 e. The van der Waals surface area contributed by atoms with Crippen LogP contribution in [0.1, 0.15) is 11.1 Å². The number of piperazine rings is 1. The number of nitrogens with zero attached hydrogens (tertiary/aromatic N) is 3. The number of nitrogens with one attached hydrogen (secondary N) is 1. The third kappa shape index (κ3) is 5.98. The van der Waals surface area contributed by atoms with E-state index in [2.05, 4.69) is 80.7 Å². The molecule has 7 heteroatoms. The summed E-state index contributed by atoms with van der Waals surface area (Å²) >= 11 is 0. The van der Waals surface area contributed by atoms with Gasteiger partial charge in [-0.2, -0.15) is 0 Å². The third-order valence-electron chi connectivity index (χ3n) is 6.78. The number of ether oxygens (including phenoxy) is 2. The Kier molecular flexibility index (Phi) is 7.69. The maximum atomic E-state index is 11.7. The molecule has 0 atom stereocenters. The van der Waals surface area contributed by atoms with Gasteiger partial charge in [0.2, 0.25) is 5.91 Å². The summed E-state index contributed by atoms with van der Waals surface area (Å²) in [7, 11) is 1.70. The van der Waals surface area contributed by atoms with Crippen molar-refractivity contribution < 1.29 is 14.3 Å². The van der Waals surface area contributed by atoms with Gasteiger partial charge in [0.1, 0.15) is 5.75 Å². The predicted octanol–water partition coefficient (Wildman–Crippen LogP) is 3.80. The maximum absolute atomic E-state index is 11.7. The molecule has 36 heavy (non-hydrogen) atoms. The first-order chi connectivity index (χ1) is 17.7. The molecule has 5 rings (SSSR count). The molecule has 3 aromatic rings. The highest BCUT2D eigenvalue weighted by atomic mass is 16.5. The van der Waals surface area contributed by atoms with Gasteiger partial charge in [0.25, 0.3) is 0 Å². The number of carbonyl (C=O) groups is 1. The zero-order valence-electron chi connectivity index (χ0n) is 20.9. The lowest BCUT2D eigenvalue weighted by Gasteiger charge is -2.30. The summed E-state index contributed by atoms with van der Waals surface area (Å²) in [5, 5.41) is 2.89. The number of hydrogen-bond donors (Lipinski definition) is 1. The Bertz CT molecular complexity index is 1140. The molecule has 7 nitrogen and oxygen atoms in total.